The molecule has 162 valence electrons. The molecule has 11 nitrogen and oxygen atoms in total. The lowest BCUT2D eigenvalue weighted by molar-refractivity contribution is -0.385. The van der Waals surface area contributed by atoms with Gasteiger partial charge in [-0.15, -0.1) is 5.06 Å². The quantitative estimate of drug-likeness (QED) is 0.303. The molecule has 1 N–H and O–H groups in total. The summed E-state index contributed by atoms with van der Waals surface area (Å²) in [7, 11) is 5.43. The molecular formula is C20H18N2O9. The van der Waals surface area contributed by atoms with Gasteiger partial charge < -0.3 is 18.9 Å². The van der Waals surface area contributed by atoms with E-state index in [1.165, 1.54) is 52.7 Å². The molecule has 0 aliphatic carbocycles. The average Bonchev–Trinajstić information content (AvgIpc) is 3.01. The normalized spacial score (nSPS) is 13.5. The van der Waals surface area contributed by atoms with Crippen LogP contribution in [0.1, 0.15) is 11.1 Å². The number of carbonyl (C=O) groups excluding carboxylic acids is 2. The summed E-state index contributed by atoms with van der Waals surface area (Å²) < 4.78 is 20.8. The van der Waals surface area contributed by atoms with Crippen LogP contribution < -0.4 is 18.9 Å². The number of nitrogens with zero attached hydrogens (tertiary/aromatic N) is 2. The van der Waals surface area contributed by atoms with E-state index in [4.69, 9.17) is 18.9 Å². The van der Waals surface area contributed by atoms with Crippen molar-refractivity contribution in [2.24, 2.45) is 0 Å². The van der Waals surface area contributed by atoms with Crippen LogP contribution in [0.25, 0.3) is 11.1 Å². The van der Waals surface area contributed by atoms with Gasteiger partial charge in [-0.3, -0.25) is 24.9 Å². The predicted octanol–water partition coefficient (Wildman–Crippen LogP) is 2.30. The number of methoxy groups -OCH3 is 4. The van der Waals surface area contributed by atoms with Gasteiger partial charge in [-0.1, -0.05) is 0 Å². The summed E-state index contributed by atoms with van der Waals surface area (Å²) in [6, 6.07) is 6.63. The highest BCUT2D eigenvalue weighted by Gasteiger charge is 2.40. The smallest absolute Gasteiger partial charge is 0.311 e. The molecule has 0 aromatic heterocycles. The third kappa shape index (κ3) is 3.51. The Morgan fingerprint density at radius 2 is 1.32 bits per heavy atom. The molecule has 2 aromatic rings. The summed E-state index contributed by atoms with van der Waals surface area (Å²) >= 11 is 0. The molecule has 0 radical (unpaired) electrons. The number of hydroxylamine groups is 2. The van der Waals surface area contributed by atoms with E-state index in [2.05, 4.69) is 0 Å². The zero-order chi connectivity index (χ0) is 22.9. The molecule has 31 heavy (non-hydrogen) atoms. The van der Waals surface area contributed by atoms with E-state index >= 15 is 0 Å². The Hall–Kier alpha value is -4.12. The summed E-state index contributed by atoms with van der Waals surface area (Å²) in [5, 5.41) is 21.4. The maximum Gasteiger partial charge on any atom is 0.311 e. The van der Waals surface area contributed by atoms with Crippen LogP contribution in [0.3, 0.4) is 0 Å². The van der Waals surface area contributed by atoms with Crippen molar-refractivity contribution in [1.29, 1.82) is 0 Å². The van der Waals surface area contributed by atoms with E-state index < -0.39 is 22.4 Å². The SMILES string of the molecule is COc1ccc(C2=C(c3cc(OC)c(OC)c(OC)c3)C(=O)N(O)C2=O)cc1[N+](=O)[O-]. The zero-order valence-corrected chi connectivity index (χ0v) is 17.0. The summed E-state index contributed by atoms with van der Waals surface area (Å²) in [6.45, 7) is 0. The van der Waals surface area contributed by atoms with Crippen molar-refractivity contribution in [2.75, 3.05) is 28.4 Å². The number of ether oxygens (including phenoxy) is 4. The van der Waals surface area contributed by atoms with Crippen molar-refractivity contribution in [1.82, 2.24) is 5.06 Å². The van der Waals surface area contributed by atoms with Crippen molar-refractivity contribution in [3.63, 3.8) is 0 Å². The lowest BCUT2D eigenvalue weighted by Gasteiger charge is -2.14. The number of benzene rings is 2. The minimum Gasteiger partial charge on any atom is -0.493 e. The largest absolute Gasteiger partial charge is 0.493 e. The summed E-state index contributed by atoms with van der Waals surface area (Å²) in [5.74, 6) is -1.39. The highest BCUT2D eigenvalue weighted by molar-refractivity contribution is 6.48. The molecule has 1 aliphatic rings. The molecule has 0 spiro atoms. The van der Waals surface area contributed by atoms with E-state index in [9.17, 15) is 24.9 Å². The van der Waals surface area contributed by atoms with Crippen LogP contribution in [0.15, 0.2) is 30.3 Å². The molecule has 1 heterocycles. The third-order valence-corrected chi connectivity index (χ3v) is 4.68. The Bertz CT molecular complexity index is 1100. The Morgan fingerprint density at radius 3 is 1.77 bits per heavy atom. The topological polar surface area (TPSA) is 138 Å². The fourth-order valence-corrected chi connectivity index (χ4v) is 3.27. The number of nitro groups is 1. The number of nitro benzene ring substituents is 1. The molecule has 0 saturated heterocycles. The van der Waals surface area contributed by atoms with Crippen LogP contribution >= 0.6 is 0 Å². The van der Waals surface area contributed by atoms with Crippen molar-refractivity contribution in [2.45, 2.75) is 0 Å². The van der Waals surface area contributed by atoms with Gasteiger partial charge in [0.1, 0.15) is 0 Å². The van der Waals surface area contributed by atoms with Gasteiger partial charge in [0.15, 0.2) is 17.2 Å². The molecule has 2 aromatic carbocycles. The predicted molar refractivity (Wildman–Crippen MR) is 106 cm³/mol. The van der Waals surface area contributed by atoms with Gasteiger partial charge in [0.2, 0.25) is 5.75 Å². The number of amides is 2. The number of imide groups is 1. The van der Waals surface area contributed by atoms with Crippen LogP contribution in [0.5, 0.6) is 23.0 Å². The first-order chi connectivity index (χ1) is 14.8. The summed E-state index contributed by atoms with van der Waals surface area (Å²) in [6.07, 6.45) is 0. The summed E-state index contributed by atoms with van der Waals surface area (Å²) in [5.41, 5.74) is -0.601. The average molecular weight is 430 g/mol. The zero-order valence-electron chi connectivity index (χ0n) is 17.0. The van der Waals surface area contributed by atoms with Crippen LogP contribution in [0.2, 0.25) is 0 Å². The molecule has 2 amide bonds. The molecule has 3 rings (SSSR count). The van der Waals surface area contributed by atoms with Gasteiger partial charge in [0.25, 0.3) is 11.8 Å². The lowest BCUT2D eigenvalue weighted by Crippen LogP contribution is -2.27. The number of hydrogen-bond acceptors (Lipinski definition) is 9. The van der Waals surface area contributed by atoms with E-state index in [1.807, 2.05) is 0 Å². The van der Waals surface area contributed by atoms with Gasteiger partial charge in [0.05, 0.1) is 44.5 Å². The molecule has 0 atom stereocenters. The van der Waals surface area contributed by atoms with Gasteiger partial charge >= 0.3 is 5.69 Å². The van der Waals surface area contributed by atoms with Gasteiger partial charge in [-0.05, 0) is 35.4 Å². The first kappa shape index (κ1) is 21.6. The van der Waals surface area contributed by atoms with Gasteiger partial charge in [-0.25, -0.2) is 0 Å². The number of carbonyl (C=O) groups is 2. The number of hydrogen-bond donors (Lipinski definition) is 1. The monoisotopic (exact) mass is 430 g/mol. The first-order valence-electron chi connectivity index (χ1n) is 8.74. The molecular weight excluding hydrogens is 412 g/mol. The van der Waals surface area contributed by atoms with Gasteiger partial charge in [-0.2, -0.15) is 0 Å². The van der Waals surface area contributed by atoms with E-state index in [0.717, 1.165) is 6.07 Å². The van der Waals surface area contributed by atoms with Crippen LogP contribution in [0.4, 0.5) is 5.69 Å². The van der Waals surface area contributed by atoms with Crippen molar-refractivity contribution in [3.05, 3.63) is 51.6 Å². The molecule has 1 aliphatic heterocycles. The lowest BCUT2D eigenvalue weighted by atomic mass is 9.95. The third-order valence-electron chi connectivity index (χ3n) is 4.68. The van der Waals surface area contributed by atoms with Crippen molar-refractivity contribution in [3.8, 4) is 23.0 Å². The van der Waals surface area contributed by atoms with E-state index in [-0.39, 0.29) is 50.3 Å². The standard InChI is InChI=1S/C20H18N2O9/c1-28-13-6-5-10(7-12(13)22(26)27)16-17(20(24)21(25)19(16)23)11-8-14(29-2)18(31-4)15(9-11)30-3/h5-9,25H,1-4H3. The molecule has 0 fully saturated rings. The maximum atomic E-state index is 12.7. The highest BCUT2D eigenvalue weighted by Crippen LogP contribution is 2.44. The highest BCUT2D eigenvalue weighted by atomic mass is 16.6. The minimum absolute atomic E-state index is 0.0266. The van der Waals surface area contributed by atoms with Crippen LogP contribution in [0, 0.1) is 10.1 Å². The maximum absolute atomic E-state index is 12.7. The second-order valence-electron chi connectivity index (χ2n) is 6.23. The first-order valence-corrected chi connectivity index (χ1v) is 8.74. The van der Waals surface area contributed by atoms with Gasteiger partial charge in [0, 0.05) is 6.07 Å². The van der Waals surface area contributed by atoms with E-state index in [1.54, 1.807) is 0 Å². The fraction of sp³-hybridized carbons (Fsp3) is 0.200. The molecule has 0 saturated carbocycles. The Morgan fingerprint density at radius 1 is 0.806 bits per heavy atom. The van der Waals surface area contributed by atoms with E-state index in [0.29, 0.717) is 0 Å². The van der Waals surface area contributed by atoms with Crippen LogP contribution in [-0.2, 0) is 9.59 Å². The molecule has 0 unspecified atom stereocenters. The Balaban J connectivity index is 2.33. The second kappa shape index (κ2) is 8.32. The fourth-order valence-electron chi connectivity index (χ4n) is 3.27. The van der Waals surface area contributed by atoms with Crippen molar-refractivity contribution < 1.29 is 38.7 Å². The van der Waals surface area contributed by atoms with Crippen LogP contribution in [-0.4, -0.2) is 55.4 Å². The Kier molecular flexibility index (Phi) is 5.79. The van der Waals surface area contributed by atoms with Crippen molar-refractivity contribution >= 4 is 28.6 Å². The summed E-state index contributed by atoms with van der Waals surface area (Å²) in [4.78, 5) is 36.1. The second-order valence-corrected chi connectivity index (χ2v) is 6.23. The minimum atomic E-state index is -1.03. The Labute approximate surface area is 176 Å². The molecule has 0 bridgehead atoms. The molecule has 11 heteroatoms. The number of rotatable bonds is 7.